The van der Waals surface area contributed by atoms with Crippen molar-refractivity contribution in [1.29, 1.82) is 0 Å². The molecule has 28 heavy (non-hydrogen) atoms. The van der Waals surface area contributed by atoms with Gasteiger partial charge in [0.25, 0.3) is 0 Å². The van der Waals surface area contributed by atoms with E-state index in [2.05, 4.69) is 33.5 Å². The highest BCUT2D eigenvalue weighted by Crippen LogP contribution is 2.22. The minimum atomic E-state index is 0.0844. The van der Waals surface area contributed by atoms with Crippen molar-refractivity contribution in [2.75, 3.05) is 0 Å². The van der Waals surface area contributed by atoms with Crippen LogP contribution in [-0.2, 0) is 24.3 Å². The minimum absolute atomic E-state index is 0.0844. The molecule has 0 atom stereocenters. The highest BCUT2D eigenvalue weighted by atomic mass is 32.1. The number of nitrogens with one attached hydrogen (secondary N) is 1. The molecule has 2 heterocycles. The van der Waals surface area contributed by atoms with Gasteiger partial charge in [-0.3, -0.25) is 4.79 Å². The molecule has 1 N–H and O–H groups in total. The Morgan fingerprint density at radius 3 is 2.86 bits per heavy atom. The number of hydrogen-bond acceptors (Lipinski definition) is 4. The highest BCUT2D eigenvalue weighted by Gasteiger charge is 2.06. The summed E-state index contributed by atoms with van der Waals surface area (Å²) in [4.78, 5) is 20.9. The van der Waals surface area contributed by atoms with Crippen molar-refractivity contribution < 1.29 is 4.79 Å². The van der Waals surface area contributed by atoms with Gasteiger partial charge in [-0.15, -0.1) is 11.3 Å². The van der Waals surface area contributed by atoms with Crippen LogP contribution in [0.3, 0.4) is 0 Å². The molecular formula is C22H22N4OS. The van der Waals surface area contributed by atoms with Crippen LogP contribution in [0.25, 0.3) is 10.2 Å². The standard InChI is InChI=1S/C22H22N4OS/c27-21(9-4-10-22-25-19-7-1-2-8-20(19)28-22)24-14-17-5-3-6-18(13-17)15-26-12-11-23-16-26/h1-3,5-8,11-13,16H,4,9-10,14-15H2,(H,24,27). The van der Waals surface area contributed by atoms with E-state index >= 15 is 0 Å². The highest BCUT2D eigenvalue weighted by molar-refractivity contribution is 7.18. The average molecular weight is 391 g/mol. The molecule has 0 fully saturated rings. The zero-order valence-electron chi connectivity index (χ0n) is 15.5. The molecule has 0 unspecified atom stereocenters. The summed E-state index contributed by atoms with van der Waals surface area (Å²) >= 11 is 1.71. The Balaban J connectivity index is 1.23. The number of imidazole rings is 1. The number of para-hydroxylation sites is 1. The molecular weight excluding hydrogens is 368 g/mol. The Labute approximate surface area is 168 Å². The predicted octanol–water partition coefficient (Wildman–Crippen LogP) is 4.18. The number of nitrogens with zero attached hydrogens (tertiary/aromatic N) is 3. The van der Waals surface area contributed by atoms with E-state index in [9.17, 15) is 4.79 Å². The number of aromatic nitrogens is 3. The van der Waals surface area contributed by atoms with E-state index in [4.69, 9.17) is 0 Å². The summed E-state index contributed by atoms with van der Waals surface area (Å²) in [5.41, 5.74) is 3.35. The number of amides is 1. The lowest BCUT2D eigenvalue weighted by Gasteiger charge is -2.08. The minimum Gasteiger partial charge on any atom is -0.352 e. The second-order valence-corrected chi connectivity index (χ2v) is 7.88. The smallest absolute Gasteiger partial charge is 0.220 e. The van der Waals surface area contributed by atoms with Crippen LogP contribution in [0.1, 0.15) is 29.0 Å². The van der Waals surface area contributed by atoms with Crippen LogP contribution in [0.5, 0.6) is 0 Å². The molecule has 0 radical (unpaired) electrons. The van der Waals surface area contributed by atoms with Gasteiger partial charge in [-0.2, -0.15) is 0 Å². The van der Waals surface area contributed by atoms with E-state index < -0.39 is 0 Å². The molecule has 0 saturated carbocycles. The monoisotopic (exact) mass is 390 g/mol. The molecule has 0 spiro atoms. The molecule has 2 aromatic carbocycles. The van der Waals surface area contributed by atoms with Gasteiger partial charge in [-0.05, 0) is 36.1 Å². The van der Waals surface area contributed by atoms with E-state index in [1.807, 2.05) is 41.1 Å². The van der Waals surface area contributed by atoms with Gasteiger partial charge in [-0.1, -0.05) is 36.4 Å². The molecule has 142 valence electrons. The lowest BCUT2D eigenvalue weighted by Crippen LogP contribution is -2.22. The van der Waals surface area contributed by atoms with Gasteiger partial charge >= 0.3 is 0 Å². The van der Waals surface area contributed by atoms with Crippen LogP contribution in [-0.4, -0.2) is 20.4 Å². The van der Waals surface area contributed by atoms with Crippen molar-refractivity contribution in [1.82, 2.24) is 19.9 Å². The zero-order valence-corrected chi connectivity index (χ0v) is 16.4. The molecule has 5 nitrogen and oxygen atoms in total. The number of carbonyl (C=O) groups is 1. The Morgan fingerprint density at radius 1 is 1.11 bits per heavy atom. The number of fused-ring (bicyclic) bond motifs is 1. The van der Waals surface area contributed by atoms with Crippen LogP contribution in [0.4, 0.5) is 0 Å². The first-order chi connectivity index (χ1) is 13.8. The van der Waals surface area contributed by atoms with Gasteiger partial charge in [0.1, 0.15) is 0 Å². The quantitative estimate of drug-likeness (QED) is 0.491. The van der Waals surface area contributed by atoms with Gasteiger partial charge in [0.05, 0.1) is 21.6 Å². The first-order valence-corrected chi connectivity index (χ1v) is 10.2. The number of benzene rings is 2. The Hall–Kier alpha value is -2.99. The number of aryl methyl sites for hydroxylation is 1. The van der Waals surface area contributed by atoms with Crippen molar-refractivity contribution in [3.05, 3.63) is 83.4 Å². The summed E-state index contributed by atoms with van der Waals surface area (Å²) in [5.74, 6) is 0.0844. The van der Waals surface area contributed by atoms with Crippen LogP contribution in [0, 0.1) is 0 Å². The third-order valence-electron chi connectivity index (χ3n) is 4.54. The normalized spacial score (nSPS) is 11.0. The second-order valence-electron chi connectivity index (χ2n) is 6.76. The summed E-state index contributed by atoms with van der Waals surface area (Å²) in [5, 5.41) is 4.12. The molecule has 4 aromatic rings. The van der Waals surface area contributed by atoms with Gasteiger partial charge in [0.2, 0.25) is 5.91 Å². The van der Waals surface area contributed by atoms with E-state index in [-0.39, 0.29) is 5.91 Å². The fraction of sp³-hybridized carbons (Fsp3) is 0.227. The van der Waals surface area contributed by atoms with Gasteiger partial charge in [0.15, 0.2) is 0 Å². The SMILES string of the molecule is O=C(CCCc1nc2ccccc2s1)NCc1cccc(Cn2ccnc2)c1. The molecule has 0 aliphatic rings. The van der Waals surface area contributed by atoms with Gasteiger partial charge < -0.3 is 9.88 Å². The van der Waals surface area contributed by atoms with Crippen LogP contribution < -0.4 is 5.32 Å². The molecule has 1 amide bonds. The fourth-order valence-corrected chi connectivity index (χ4v) is 4.15. The summed E-state index contributed by atoms with van der Waals surface area (Å²) < 4.78 is 3.23. The second kappa shape index (κ2) is 8.80. The third-order valence-corrected chi connectivity index (χ3v) is 5.63. The van der Waals surface area contributed by atoms with Crippen molar-refractivity contribution in [3.63, 3.8) is 0 Å². The summed E-state index contributed by atoms with van der Waals surface area (Å²) in [7, 11) is 0. The van der Waals surface area contributed by atoms with E-state index in [0.29, 0.717) is 13.0 Å². The molecule has 2 aromatic heterocycles. The van der Waals surface area contributed by atoms with Crippen LogP contribution in [0.15, 0.2) is 67.3 Å². The Bertz CT molecular complexity index is 1020. The zero-order chi connectivity index (χ0) is 19.2. The number of hydrogen-bond donors (Lipinski definition) is 1. The number of carbonyl (C=O) groups excluding carboxylic acids is 1. The number of thiazole rings is 1. The lowest BCUT2D eigenvalue weighted by atomic mass is 10.1. The molecule has 0 aliphatic carbocycles. The van der Waals surface area contributed by atoms with Gasteiger partial charge in [-0.25, -0.2) is 9.97 Å². The summed E-state index contributed by atoms with van der Waals surface area (Å²) in [6.07, 6.45) is 7.70. The molecule has 6 heteroatoms. The topological polar surface area (TPSA) is 59.8 Å². The summed E-state index contributed by atoms with van der Waals surface area (Å²) in [6, 6.07) is 16.4. The van der Waals surface area contributed by atoms with Crippen molar-refractivity contribution in [2.24, 2.45) is 0 Å². The Morgan fingerprint density at radius 2 is 2.00 bits per heavy atom. The molecule has 0 aliphatic heterocycles. The maximum Gasteiger partial charge on any atom is 0.220 e. The van der Waals surface area contributed by atoms with E-state index in [1.165, 1.54) is 10.3 Å². The van der Waals surface area contributed by atoms with Crippen molar-refractivity contribution in [2.45, 2.75) is 32.4 Å². The van der Waals surface area contributed by atoms with Crippen molar-refractivity contribution in [3.8, 4) is 0 Å². The Kier molecular flexibility index (Phi) is 5.77. The van der Waals surface area contributed by atoms with Crippen LogP contribution in [0.2, 0.25) is 0 Å². The number of rotatable bonds is 8. The third kappa shape index (κ3) is 4.84. The molecule has 0 bridgehead atoms. The first kappa shape index (κ1) is 18.4. The van der Waals surface area contributed by atoms with Crippen molar-refractivity contribution >= 4 is 27.5 Å². The maximum atomic E-state index is 12.2. The average Bonchev–Trinajstić information content (AvgIpc) is 3.36. The predicted molar refractivity (Wildman–Crippen MR) is 112 cm³/mol. The van der Waals surface area contributed by atoms with E-state index in [1.54, 1.807) is 23.9 Å². The maximum absolute atomic E-state index is 12.2. The summed E-state index contributed by atoms with van der Waals surface area (Å²) in [6.45, 7) is 1.34. The van der Waals surface area contributed by atoms with Gasteiger partial charge in [0, 0.05) is 31.9 Å². The van der Waals surface area contributed by atoms with Crippen LogP contribution >= 0.6 is 11.3 Å². The fourth-order valence-electron chi connectivity index (χ4n) is 3.15. The first-order valence-electron chi connectivity index (χ1n) is 9.41. The lowest BCUT2D eigenvalue weighted by molar-refractivity contribution is -0.121. The molecule has 0 saturated heterocycles. The molecule has 4 rings (SSSR count). The largest absolute Gasteiger partial charge is 0.352 e. The van der Waals surface area contributed by atoms with E-state index in [0.717, 1.165) is 35.5 Å².